The maximum absolute atomic E-state index is 5.74. The zero-order chi connectivity index (χ0) is 15.2. The second kappa shape index (κ2) is 6.81. The van der Waals surface area contributed by atoms with Crippen LogP contribution in [-0.4, -0.2) is 26.3 Å². The van der Waals surface area contributed by atoms with E-state index >= 15 is 0 Å². The molecule has 2 aromatic rings. The van der Waals surface area contributed by atoms with E-state index in [1.165, 1.54) is 0 Å². The van der Waals surface area contributed by atoms with Gasteiger partial charge in [-0.05, 0) is 12.1 Å². The van der Waals surface area contributed by atoms with Gasteiger partial charge in [0, 0.05) is 18.7 Å². The summed E-state index contributed by atoms with van der Waals surface area (Å²) >= 11 is 0. The van der Waals surface area contributed by atoms with Gasteiger partial charge in [0.2, 0.25) is 5.75 Å². The van der Waals surface area contributed by atoms with Gasteiger partial charge in [-0.15, -0.1) is 0 Å². The molecule has 0 atom stereocenters. The number of pyridine rings is 1. The molecular weight excluding hydrogens is 272 g/mol. The molecule has 21 heavy (non-hydrogen) atoms. The molecule has 2 rings (SSSR count). The lowest BCUT2D eigenvalue weighted by molar-refractivity contribution is 0.321. The van der Waals surface area contributed by atoms with E-state index in [-0.39, 0.29) is 0 Å². The van der Waals surface area contributed by atoms with Crippen LogP contribution in [0, 0.1) is 0 Å². The van der Waals surface area contributed by atoms with E-state index in [2.05, 4.69) is 4.98 Å². The first-order valence-electron chi connectivity index (χ1n) is 6.34. The zero-order valence-electron chi connectivity index (χ0n) is 12.3. The fourth-order valence-electron chi connectivity index (χ4n) is 1.84. The average Bonchev–Trinajstić information content (AvgIpc) is 2.54. The van der Waals surface area contributed by atoms with Gasteiger partial charge in [0.15, 0.2) is 11.5 Å². The van der Waals surface area contributed by atoms with Crippen molar-refractivity contribution in [2.45, 2.75) is 6.54 Å². The number of ether oxygens (including phenoxy) is 4. The number of rotatable bonds is 6. The summed E-state index contributed by atoms with van der Waals surface area (Å²) in [7, 11) is 4.66. The highest BCUT2D eigenvalue weighted by Gasteiger charge is 2.14. The van der Waals surface area contributed by atoms with Crippen molar-refractivity contribution in [2.75, 3.05) is 21.3 Å². The Morgan fingerprint density at radius 1 is 0.952 bits per heavy atom. The Bertz CT molecular complexity index is 574. The molecular formula is C15H18N2O4. The monoisotopic (exact) mass is 290 g/mol. The summed E-state index contributed by atoms with van der Waals surface area (Å²) in [6, 6.07) is 7.06. The lowest BCUT2D eigenvalue weighted by Gasteiger charge is -2.14. The molecule has 0 fully saturated rings. The van der Waals surface area contributed by atoms with Crippen molar-refractivity contribution in [3.63, 3.8) is 0 Å². The van der Waals surface area contributed by atoms with Crippen LogP contribution in [0.15, 0.2) is 30.5 Å². The predicted octanol–water partition coefficient (Wildman–Crippen LogP) is 2.36. The van der Waals surface area contributed by atoms with Crippen LogP contribution in [0.4, 0.5) is 0 Å². The molecule has 0 aliphatic rings. The van der Waals surface area contributed by atoms with Crippen LogP contribution in [0.25, 0.3) is 0 Å². The van der Waals surface area contributed by atoms with E-state index in [1.54, 1.807) is 45.7 Å². The van der Waals surface area contributed by atoms with Crippen LogP contribution < -0.4 is 24.7 Å². The van der Waals surface area contributed by atoms with Gasteiger partial charge in [-0.1, -0.05) is 0 Å². The van der Waals surface area contributed by atoms with Crippen LogP contribution in [0.3, 0.4) is 0 Å². The van der Waals surface area contributed by atoms with Crippen molar-refractivity contribution in [3.8, 4) is 28.7 Å². The highest BCUT2D eigenvalue weighted by molar-refractivity contribution is 5.56. The molecule has 0 bridgehead atoms. The normalized spacial score (nSPS) is 10.1. The number of nitrogens with zero attached hydrogens (tertiary/aromatic N) is 1. The smallest absolute Gasteiger partial charge is 0.203 e. The molecule has 2 N–H and O–H groups in total. The van der Waals surface area contributed by atoms with Gasteiger partial charge in [0.25, 0.3) is 0 Å². The van der Waals surface area contributed by atoms with E-state index in [1.807, 2.05) is 6.07 Å². The third-order valence-corrected chi connectivity index (χ3v) is 2.88. The molecule has 112 valence electrons. The molecule has 6 heteroatoms. The van der Waals surface area contributed by atoms with Gasteiger partial charge < -0.3 is 24.7 Å². The lowest BCUT2D eigenvalue weighted by atomic mass is 10.2. The summed E-state index contributed by atoms with van der Waals surface area (Å²) in [6.07, 6.45) is 1.62. The fourth-order valence-corrected chi connectivity index (χ4v) is 1.84. The summed E-state index contributed by atoms with van der Waals surface area (Å²) in [5, 5.41) is 0. The first-order chi connectivity index (χ1) is 10.2. The Morgan fingerprint density at radius 3 is 2.05 bits per heavy atom. The minimum Gasteiger partial charge on any atom is -0.493 e. The summed E-state index contributed by atoms with van der Waals surface area (Å²) in [5.41, 5.74) is 6.31. The van der Waals surface area contributed by atoms with Crippen molar-refractivity contribution >= 4 is 0 Å². The fraction of sp³-hybridized carbons (Fsp3) is 0.267. The summed E-state index contributed by atoms with van der Waals surface area (Å²) in [4.78, 5) is 4.18. The molecule has 1 aromatic heterocycles. The Kier molecular flexibility index (Phi) is 4.84. The second-order valence-corrected chi connectivity index (χ2v) is 4.15. The number of methoxy groups -OCH3 is 3. The van der Waals surface area contributed by atoms with Crippen LogP contribution in [0.2, 0.25) is 0 Å². The molecule has 0 saturated heterocycles. The van der Waals surface area contributed by atoms with Crippen molar-refractivity contribution < 1.29 is 18.9 Å². The molecule has 0 saturated carbocycles. The molecule has 0 aliphatic heterocycles. The van der Waals surface area contributed by atoms with Crippen molar-refractivity contribution in [3.05, 3.63) is 36.2 Å². The highest BCUT2D eigenvalue weighted by atomic mass is 16.5. The molecule has 1 aromatic carbocycles. The van der Waals surface area contributed by atoms with Gasteiger partial charge in [0.05, 0.1) is 33.2 Å². The van der Waals surface area contributed by atoms with Crippen molar-refractivity contribution in [1.82, 2.24) is 4.98 Å². The number of hydrogen-bond acceptors (Lipinski definition) is 6. The molecule has 1 heterocycles. The summed E-state index contributed by atoms with van der Waals surface area (Å²) < 4.78 is 21.6. The van der Waals surface area contributed by atoms with Crippen LogP contribution in [0.1, 0.15) is 5.69 Å². The standard InChI is InChI=1S/C15H18N2O4/c1-18-13-6-12(7-14(19-2)15(13)20-3)21-11-5-4-10(8-16)17-9-11/h4-7,9H,8,16H2,1-3H3. The van der Waals surface area contributed by atoms with E-state index in [4.69, 9.17) is 24.7 Å². The summed E-state index contributed by atoms with van der Waals surface area (Å²) in [5.74, 6) is 2.73. The third kappa shape index (κ3) is 3.35. The molecule has 6 nitrogen and oxygen atoms in total. The molecule has 0 amide bonds. The number of benzene rings is 1. The van der Waals surface area contributed by atoms with Gasteiger partial charge in [-0.25, -0.2) is 0 Å². The van der Waals surface area contributed by atoms with Gasteiger partial charge in [-0.3, -0.25) is 4.98 Å². The van der Waals surface area contributed by atoms with Gasteiger partial charge >= 0.3 is 0 Å². The maximum Gasteiger partial charge on any atom is 0.203 e. The molecule has 0 aliphatic carbocycles. The topological polar surface area (TPSA) is 75.8 Å². The maximum atomic E-state index is 5.74. The molecule has 0 spiro atoms. The van der Waals surface area contributed by atoms with Crippen LogP contribution in [-0.2, 0) is 6.54 Å². The minimum absolute atomic E-state index is 0.393. The van der Waals surface area contributed by atoms with Crippen LogP contribution >= 0.6 is 0 Å². The molecule has 0 radical (unpaired) electrons. The first-order valence-corrected chi connectivity index (χ1v) is 6.34. The number of hydrogen-bond donors (Lipinski definition) is 1. The Labute approximate surface area is 123 Å². The largest absolute Gasteiger partial charge is 0.493 e. The SMILES string of the molecule is COc1cc(Oc2ccc(CN)nc2)cc(OC)c1OC. The Balaban J connectivity index is 2.30. The molecule has 0 unspecified atom stereocenters. The zero-order valence-corrected chi connectivity index (χ0v) is 12.3. The number of nitrogens with two attached hydrogens (primary N) is 1. The number of aromatic nitrogens is 1. The highest BCUT2D eigenvalue weighted by Crippen LogP contribution is 2.41. The average molecular weight is 290 g/mol. The Morgan fingerprint density at radius 2 is 1.62 bits per heavy atom. The third-order valence-electron chi connectivity index (χ3n) is 2.88. The van der Waals surface area contributed by atoms with E-state index < -0.39 is 0 Å². The quantitative estimate of drug-likeness (QED) is 0.880. The van der Waals surface area contributed by atoms with Crippen molar-refractivity contribution in [2.24, 2.45) is 5.73 Å². The first kappa shape index (κ1) is 14.9. The Hall–Kier alpha value is -2.47. The van der Waals surface area contributed by atoms with Crippen LogP contribution in [0.5, 0.6) is 28.7 Å². The predicted molar refractivity (Wildman–Crippen MR) is 78.3 cm³/mol. The van der Waals surface area contributed by atoms with E-state index in [0.717, 1.165) is 5.69 Å². The van der Waals surface area contributed by atoms with E-state index in [0.29, 0.717) is 35.3 Å². The minimum atomic E-state index is 0.393. The van der Waals surface area contributed by atoms with Gasteiger partial charge in [0.1, 0.15) is 11.5 Å². The summed E-state index contributed by atoms with van der Waals surface area (Å²) in [6.45, 7) is 0.393. The van der Waals surface area contributed by atoms with Crippen molar-refractivity contribution in [1.29, 1.82) is 0 Å². The second-order valence-electron chi connectivity index (χ2n) is 4.15. The van der Waals surface area contributed by atoms with E-state index in [9.17, 15) is 0 Å². The van der Waals surface area contributed by atoms with Gasteiger partial charge in [-0.2, -0.15) is 0 Å². The lowest BCUT2D eigenvalue weighted by Crippen LogP contribution is -1.99.